The highest BCUT2D eigenvalue weighted by Crippen LogP contribution is 2.27. The minimum atomic E-state index is -0.182. The highest BCUT2D eigenvalue weighted by Gasteiger charge is 2.16. The molecular formula is C26H29N5O2. The molecule has 3 heterocycles. The van der Waals surface area contributed by atoms with Crippen molar-refractivity contribution in [2.75, 3.05) is 13.7 Å². The van der Waals surface area contributed by atoms with Crippen LogP contribution in [0.5, 0.6) is 5.88 Å². The standard InChI is InChI=1S/C26H29N5O2/c1-16-8-20-10-21(14-28-24(20)30-16)25(32)29-15-22-11-19-9-18(13-27-12-17-4-3-5-17)6-7-23(19)26(31-22)33-2/h6-11,14,17,27H,3-5,12-13,15H2,1-2H3,(H,28,30)(H,29,32). The molecule has 1 aliphatic carbocycles. The van der Waals surface area contributed by atoms with Gasteiger partial charge in [-0.1, -0.05) is 12.5 Å². The molecule has 0 unspecified atom stereocenters. The van der Waals surface area contributed by atoms with E-state index in [0.717, 1.165) is 52.2 Å². The van der Waals surface area contributed by atoms with Crippen molar-refractivity contribution in [3.63, 3.8) is 0 Å². The van der Waals surface area contributed by atoms with Crippen LogP contribution in [-0.2, 0) is 13.1 Å². The highest BCUT2D eigenvalue weighted by atomic mass is 16.5. The molecule has 1 saturated carbocycles. The van der Waals surface area contributed by atoms with Crippen molar-refractivity contribution >= 4 is 27.7 Å². The number of carbonyl (C=O) groups excluding carboxylic acids is 1. The minimum Gasteiger partial charge on any atom is -0.481 e. The number of nitrogens with zero attached hydrogens (tertiary/aromatic N) is 2. The lowest BCUT2D eigenvalue weighted by molar-refractivity contribution is 0.0950. The number of hydrogen-bond donors (Lipinski definition) is 3. The van der Waals surface area contributed by atoms with Crippen LogP contribution in [0.15, 0.2) is 42.6 Å². The van der Waals surface area contributed by atoms with Gasteiger partial charge in [-0.15, -0.1) is 0 Å². The van der Waals surface area contributed by atoms with Crippen LogP contribution < -0.4 is 15.4 Å². The fourth-order valence-electron chi connectivity index (χ4n) is 4.35. The van der Waals surface area contributed by atoms with E-state index in [-0.39, 0.29) is 5.91 Å². The zero-order chi connectivity index (χ0) is 22.8. The Kier molecular flexibility index (Phi) is 5.96. The van der Waals surface area contributed by atoms with Crippen molar-refractivity contribution in [2.45, 2.75) is 39.3 Å². The second kappa shape index (κ2) is 9.19. The van der Waals surface area contributed by atoms with Crippen LogP contribution >= 0.6 is 0 Å². The largest absolute Gasteiger partial charge is 0.481 e. The van der Waals surface area contributed by atoms with Crippen LogP contribution in [0.1, 0.15) is 46.6 Å². The predicted octanol–water partition coefficient (Wildman–Crippen LogP) is 4.25. The molecule has 3 aromatic heterocycles. The zero-order valence-electron chi connectivity index (χ0n) is 19.1. The van der Waals surface area contributed by atoms with Crippen LogP contribution in [0, 0.1) is 12.8 Å². The molecule has 0 bridgehead atoms. The maximum Gasteiger partial charge on any atom is 0.253 e. The van der Waals surface area contributed by atoms with Gasteiger partial charge in [0.15, 0.2) is 0 Å². The van der Waals surface area contributed by atoms with Crippen LogP contribution in [0.4, 0.5) is 0 Å². The molecule has 0 spiro atoms. The molecule has 0 saturated heterocycles. The second-order valence-corrected chi connectivity index (χ2v) is 8.90. The number of aromatic amines is 1. The van der Waals surface area contributed by atoms with Crippen molar-refractivity contribution < 1.29 is 9.53 Å². The average molecular weight is 444 g/mol. The fraction of sp³-hybridized carbons (Fsp3) is 0.346. The average Bonchev–Trinajstić information content (AvgIpc) is 3.17. The number of hydrogen-bond acceptors (Lipinski definition) is 5. The molecule has 7 heteroatoms. The number of nitrogens with one attached hydrogen (secondary N) is 3. The summed E-state index contributed by atoms with van der Waals surface area (Å²) in [6, 6.07) is 12.2. The van der Waals surface area contributed by atoms with Gasteiger partial charge in [-0.3, -0.25) is 4.79 Å². The number of methoxy groups -OCH3 is 1. The Morgan fingerprint density at radius 3 is 2.82 bits per heavy atom. The zero-order valence-corrected chi connectivity index (χ0v) is 19.1. The predicted molar refractivity (Wildman–Crippen MR) is 129 cm³/mol. The normalized spacial score (nSPS) is 13.9. The number of rotatable bonds is 8. The highest BCUT2D eigenvalue weighted by molar-refractivity contribution is 5.97. The van der Waals surface area contributed by atoms with Gasteiger partial charge in [-0.05, 0) is 73.5 Å². The minimum absolute atomic E-state index is 0.182. The summed E-state index contributed by atoms with van der Waals surface area (Å²) >= 11 is 0. The van der Waals surface area contributed by atoms with Crippen LogP contribution in [0.2, 0.25) is 0 Å². The third kappa shape index (κ3) is 4.68. The van der Waals surface area contributed by atoms with Gasteiger partial charge in [0.05, 0.1) is 24.9 Å². The monoisotopic (exact) mass is 443 g/mol. The maximum absolute atomic E-state index is 12.7. The Morgan fingerprint density at radius 1 is 1.15 bits per heavy atom. The third-order valence-corrected chi connectivity index (χ3v) is 6.39. The second-order valence-electron chi connectivity index (χ2n) is 8.90. The Labute approximate surface area is 193 Å². The molecule has 5 rings (SSSR count). The van der Waals surface area contributed by atoms with E-state index in [1.165, 1.54) is 24.8 Å². The number of fused-ring (bicyclic) bond motifs is 2. The van der Waals surface area contributed by atoms with E-state index in [9.17, 15) is 4.79 Å². The Hall–Kier alpha value is -3.45. The van der Waals surface area contributed by atoms with Crippen LogP contribution in [0.3, 0.4) is 0 Å². The van der Waals surface area contributed by atoms with E-state index >= 15 is 0 Å². The van der Waals surface area contributed by atoms with Gasteiger partial charge in [0.2, 0.25) is 5.88 Å². The number of amides is 1. The molecule has 0 atom stereocenters. The molecule has 1 aromatic carbocycles. The van der Waals surface area contributed by atoms with E-state index in [4.69, 9.17) is 4.74 Å². The SMILES string of the molecule is COc1nc(CNC(=O)c2cnc3[nH]c(C)cc3c2)cc2cc(CNCC3CCC3)ccc12. The Balaban J connectivity index is 1.30. The molecule has 0 aliphatic heterocycles. The lowest BCUT2D eigenvalue weighted by atomic mass is 9.85. The molecule has 1 fully saturated rings. The molecule has 4 aromatic rings. The number of H-pyrrole nitrogens is 1. The quantitative estimate of drug-likeness (QED) is 0.379. The first-order valence-corrected chi connectivity index (χ1v) is 11.5. The molecular weight excluding hydrogens is 414 g/mol. The molecule has 1 amide bonds. The van der Waals surface area contributed by atoms with E-state index < -0.39 is 0 Å². The number of pyridine rings is 2. The van der Waals surface area contributed by atoms with Crippen LogP contribution in [0.25, 0.3) is 21.8 Å². The summed E-state index contributed by atoms with van der Waals surface area (Å²) in [4.78, 5) is 24.8. The van der Waals surface area contributed by atoms with Crippen molar-refractivity contribution in [3.05, 3.63) is 65.1 Å². The first-order chi connectivity index (χ1) is 16.1. The van der Waals surface area contributed by atoms with Gasteiger partial charge >= 0.3 is 0 Å². The molecule has 0 radical (unpaired) electrons. The number of benzene rings is 1. The van der Waals surface area contributed by atoms with Crippen molar-refractivity contribution in [2.24, 2.45) is 5.92 Å². The van der Waals surface area contributed by atoms with Crippen molar-refractivity contribution in [3.8, 4) is 5.88 Å². The number of aryl methyl sites for hydroxylation is 1. The van der Waals surface area contributed by atoms with Crippen molar-refractivity contribution in [1.82, 2.24) is 25.6 Å². The number of ether oxygens (including phenoxy) is 1. The van der Waals surface area contributed by atoms with E-state index in [2.05, 4.69) is 43.8 Å². The van der Waals surface area contributed by atoms with Gasteiger partial charge in [0.1, 0.15) is 5.65 Å². The summed E-state index contributed by atoms with van der Waals surface area (Å²) in [5.41, 5.74) is 4.29. The lowest BCUT2D eigenvalue weighted by Crippen LogP contribution is -2.26. The smallest absolute Gasteiger partial charge is 0.253 e. The Morgan fingerprint density at radius 2 is 2.03 bits per heavy atom. The lowest BCUT2D eigenvalue weighted by Gasteiger charge is -2.25. The van der Waals surface area contributed by atoms with Gasteiger partial charge in [-0.2, -0.15) is 0 Å². The first kappa shape index (κ1) is 21.4. The van der Waals surface area contributed by atoms with Crippen LogP contribution in [-0.4, -0.2) is 34.5 Å². The molecule has 1 aliphatic rings. The van der Waals surface area contributed by atoms with Crippen molar-refractivity contribution in [1.29, 1.82) is 0 Å². The first-order valence-electron chi connectivity index (χ1n) is 11.5. The summed E-state index contributed by atoms with van der Waals surface area (Å²) < 4.78 is 5.53. The topological polar surface area (TPSA) is 91.9 Å². The molecule has 7 nitrogen and oxygen atoms in total. The van der Waals surface area contributed by atoms with Gasteiger partial charge in [0, 0.05) is 29.2 Å². The van der Waals surface area contributed by atoms with E-state index in [0.29, 0.717) is 18.0 Å². The molecule has 170 valence electrons. The summed E-state index contributed by atoms with van der Waals surface area (Å²) in [6.07, 6.45) is 5.64. The van der Waals surface area contributed by atoms with Gasteiger partial charge in [0.25, 0.3) is 5.91 Å². The number of carbonyl (C=O) groups is 1. The maximum atomic E-state index is 12.7. The molecule has 3 N–H and O–H groups in total. The van der Waals surface area contributed by atoms with E-state index in [1.54, 1.807) is 13.3 Å². The third-order valence-electron chi connectivity index (χ3n) is 6.39. The van der Waals surface area contributed by atoms with Gasteiger partial charge < -0.3 is 20.4 Å². The summed E-state index contributed by atoms with van der Waals surface area (Å²) in [5, 5.41) is 9.47. The summed E-state index contributed by atoms with van der Waals surface area (Å²) in [6.45, 7) is 4.20. The summed E-state index contributed by atoms with van der Waals surface area (Å²) in [7, 11) is 1.62. The Bertz CT molecular complexity index is 1310. The summed E-state index contributed by atoms with van der Waals surface area (Å²) in [5.74, 6) is 1.22. The van der Waals surface area contributed by atoms with E-state index in [1.807, 2.05) is 25.1 Å². The molecule has 33 heavy (non-hydrogen) atoms. The fourth-order valence-corrected chi connectivity index (χ4v) is 4.35. The van der Waals surface area contributed by atoms with Gasteiger partial charge in [-0.25, -0.2) is 9.97 Å². The number of aromatic nitrogens is 3.